The van der Waals surface area contributed by atoms with E-state index in [1.54, 1.807) is 0 Å². The summed E-state index contributed by atoms with van der Waals surface area (Å²) in [5.41, 5.74) is 1.81. The lowest BCUT2D eigenvalue weighted by Crippen LogP contribution is -2.40. The quantitative estimate of drug-likeness (QED) is 0.380. The van der Waals surface area contributed by atoms with Gasteiger partial charge in [0.2, 0.25) is 11.7 Å². The van der Waals surface area contributed by atoms with Gasteiger partial charge in [-0.25, -0.2) is 9.78 Å². The summed E-state index contributed by atoms with van der Waals surface area (Å²) in [6.45, 7) is 10.7. The first-order chi connectivity index (χ1) is 17.3. The second-order valence-corrected chi connectivity index (χ2v) is 11.3. The van der Waals surface area contributed by atoms with Crippen LogP contribution in [0.2, 0.25) is 0 Å². The molecule has 0 N–H and O–H groups in total. The van der Waals surface area contributed by atoms with E-state index in [4.69, 9.17) is 9.51 Å². The van der Waals surface area contributed by atoms with Crippen LogP contribution in [-0.2, 0) is 18.5 Å². The van der Waals surface area contributed by atoms with Crippen molar-refractivity contribution in [1.29, 1.82) is 0 Å². The van der Waals surface area contributed by atoms with E-state index in [0.717, 1.165) is 36.6 Å². The first kappa shape index (κ1) is 24.4. The molecule has 0 bridgehead atoms. The highest BCUT2D eigenvalue weighted by molar-refractivity contribution is 7.22. The van der Waals surface area contributed by atoms with Gasteiger partial charge in [-0.1, -0.05) is 68.5 Å². The Morgan fingerprint density at radius 2 is 1.72 bits per heavy atom. The molecule has 1 aliphatic heterocycles. The Morgan fingerprint density at radius 3 is 2.39 bits per heavy atom. The van der Waals surface area contributed by atoms with Crippen molar-refractivity contribution in [3.63, 3.8) is 0 Å². The van der Waals surface area contributed by atoms with Crippen molar-refractivity contribution in [2.75, 3.05) is 18.0 Å². The van der Waals surface area contributed by atoms with E-state index in [1.807, 2.05) is 19.1 Å². The fraction of sp³-hybridized carbons (Fsp3) is 0.500. The molecule has 1 saturated heterocycles. The predicted molar refractivity (Wildman–Crippen MR) is 142 cm³/mol. The molecule has 0 radical (unpaired) electrons. The average Bonchev–Trinajstić information content (AvgIpc) is 3.52. The summed E-state index contributed by atoms with van der Waals surface area (Å²) in [5.74, 6) is 0.756. The topological polar surface area (TPSA) is 99.1 Å². The number of hydrogen-bond acceptors (Lipinski definition) is 8. The van der Waals surface area contributed by atoms with Crippen molar-refractivity contribution in [3.8, 4) is 11.4 Å². The van der Waals surface area contributed by atoms with Gasteiger partial charge in [-0.15, -0.1) is 0 Å². The van der Waals surface area contributed by atoms with E-state index in [1.165, 1.54) is 32.5 Å². The van der Waals surface area contributed by atoms with Crippen LogP contribution in [0.25, 0.3) is 21.7 Å². The fourth-order valence-corrected chi connectivity index (χ4v) is 5.61. The number of thiazole rings is 1. The summed E-state index contributed by atoms with van der Waals surface area (Å²) in [5, 5.41) is 4.93. The zero-order valence-corrected chi connectivity index (χ0v) is 22.1. The second-order valence-electron chi connectivity index (χ2n) is 10.4. The van der Waals surface area contributed by atoms with Crippen LogP contribution in [0.15, 0.2) is 38.4 Å². The maximum Gasteiger partial charge on any atom is 0.333 e. The van der Waals surface area contributed by atoms with Crippen LogP contribution >= 0.6 is 11.3 Å². The highest BCUT2D eigenvalue weighted by Gasteiger charge is 2.23. The second kappa shape index (κ2) is 9.65. The van der Waals surface area contributed by atoms with Crippen LogP contribution < -0.4 is 16.1 Å². The molecule has 1 fully saturated rings. The van der Waals surface area contributed by atoms with Gasteiger partial charge in [-0.3, -0.25) is 13.9 Å². The summed E-state index contributed by atoms with van der Waals surface area (Å²) in [4.78, 5) is 38.1. The third kappa shape index (κ3) is 4.61. The third-order valence-corrected chi connectivity index (χ3v) is 7.69. The molecule has 36 heavy (non-hydrogen) atoms. The Hall–Kier alpha value is -3.27. The van der Waals surface area contributed by atoms with E-state index in [2.05, 4.69) is 47.9 Å². The van der Waals surface area contributed by atoms with Crippen molar-refractivity contribution < 1.29 is 4.52 Å². The predicted octanol–water partition coefficient (Wildman–Crippen LogP) is 4.42. The molecule has 5 rings (SSSR count). The molecule has 190 valence electrons. The molecule has 0 unspecified atom stereocenters. The standard InChI is InChI=1S/C26H32N6O3S/c1-5-13-31-23(33)20-22(28-24(36-20)30-14-7-6-8-15-30)32(25(31)34)16-19-27-21(29-35-19)17-9-11-18(12-10-17)26(2,3)4/h9-12H,5-8,13-16H2,1-4H3. The molecular formula is C26H32N6O3S. The summed E-state index contributed by atoms with van der Waals surface area (Å²) in [6.07, 6.45) is 4.08. The lowest BCUT2D eigenvalue weighted by atomic mass is 9.87. The molecular weight excluding hydrogens is 476 g/mol. The molecule has 0 atom stereocenters. The van der Waals surface area contributed by atoms with Crippen LogP contribution in [0.4, 0.5) is 5.13 Å². The van der Waals surface area contributed by atoms with Gasteiger partial charge >= 0.3 is 5.69 Å². The fourth-order valence-electron chi connectivity index (χ4n) is 4.54. The Morgan fingerprint density at radius 1 is 1.00 bits per heavy atom. The minimum absolute atomic E-state index is 0.0512. The molecule has 0 spiro atoms. The minimum atomic E-state index is -0.404. The number of aromatic nitrogens is 5. The molecule has 3 aromatic heterocycles. The maximum atomic E-state index is 13.4. The van der Waals surface area contributed by atoms with Crippen LogP contribution in [0, 0.1) is 0 Å². The van der Waals surface area contributed by atoms with Crippen molar-refractivity contribution >= 4 is 26.8 Å². The molecule has 0 saturated carbocycles. The van der Waals surface area contributed by atoms with E-state index in [9.17, 15) is 9.59 Å². The van der Waals surface area contributed by atoms with Gasteiger partial charge in [-0.05, 0) is 36.7 Å². The van der Waals surface area contributed by atoms with Gasteiger partial charge in [0, 0.05) is 25.2 Å². The Labute approximate surface area is 213 Å². The zero-order valence-electron chi connectivity index (χ0n) is 21.3. The molecule has 0 aliphatic carbocycles. The van der Waals surface area contributed by atoms with E-state index in [0.29, 0.717) is 35.0 Å². The number of anilines is 1. The molecule has 4 heterocycles. The summed E-state index contributed by atoms with van der Waals surface area (Å²) < 4.78 is 8.81. The van der Waals surface area contributed by atoms with E-state index in [-0.39, 0.29) is 17.5 Å². The number of hydrogen-bond donors (Lipinski definition) is 0. The van der Waals surface area contributed by atoms with E-state index < -0.39 is 5.69 Å². The van der Waals surface area contributed by atoms with Crippen LogP contribution in [0.5, 0.6) is 0 Å². The smallest absolute Gasteiger partial charge is 0.333 e. The molecule has 4 aromatic rings. The maximum absolute atomic E-state index is 13.4. The largest absolute Gasteiger partial charge is 0.348 e. The van der Waals surface area contributed by atoms with Crippen molar-refractivity contribution in [2.24, 2.45) is 0 Å². The number of piperidine rings is 1. The molecule has 0 amide bonds. The molecule has 9 nitrogen and oxygen atoms in total. The number of benzene rings is 1. The lowest BCUT2D eigenvalue weighted by Gasteiger charge is -2.25. The zero-order chi connectivity index (χ0) is 25.4. The van der Waals surface area contributed by atoms with E-state index >= 15 is 0 Å². The summed E-state index contributed by atoms with van der Waals surface area (Å²) >= 11 is 1.36. The molecule has 1 aliphatic rings. The average molecular weight is 509 g/mol. The minimum Gasteiger partial charge on any atom is -0.348 e. The number of rotatable bonds is 6. The molecule has 10 heteroatoms. The van der Waals surface area contributed by atoms with Gasteiger partial charge in [-0.2, -0.15) is 4.98 Å². The van der Waals surface area contributed by atoms with Gasteiger partial charge in [0.1, 0.15) is 11.2 Å². The summed E-state index contributed by atoms with van der Waals surface area (Å²) in [6, 6.07) is 8.09. The number of fused-ring (bicyclic) bond motifs is 1. The Balaban J connectivity index is 1.52. The Kier molecular flexibility index (Phi) is 6.55. The monoisotopic (exact) mass is 508 g/mol. The number of nitrogens with zero attached hydrogens (tertiary/aromatic N) is 6. The van der Waals surface area contributed by atoms with Crippen LogP contribution in [0.1, 0.15) is 64.8 Å². The van der Waals surface area contributed by atoms with Crippen LogP contribution in [0.3, 0.4) is 0 Å². The third-order valence-electron chi connectivity index (χ3n) is 6.60. The highest BCUT2D eigenvalue weighted by Crippen LogP contribution is 2.29. The van der Waals surface area contributed by atoms with Gasteiger partial charge in [0.15, 0.2) is 10.8 Å². The van der Waals surface area contributed by atoms with Crippen LogP contribution in [-0.4, -0.2) is 37.3 Å². The Bertz CT molecular complexity index is 1480. The van der Waals surface area contributed by atoms with Crippen molar-refractivity contribution in [1.82, 2.24) is 24.3 Å². The van der Waals surface area contributed by atoms with Gasteiger partial charge < -0.3 is 9.42 Å². The first-order valence-electron chi connectivity index (χ1n) is 12.6. The van der Waals surface area contributed by atoms with Gasteiger partial charge in [0.25, 0.3) is 5.56 Å². The SMILES string of the molecule is CCCn1c(=O)c2sc(N3CCCCC3)nc2n(Cc2nc(-c3ccc(C(C)(C)C)cc3)no2)c1=O. The summed E-state index contributed by atoms with van der Waals surface area (Å²) in [7, 11) is 0. The van der Waals surface area contributed by atoms with Gasteiger partial charge in [0.05, 0.1) is 0 Å². The first-order valence-corrected chi connectivity index (χ1v) is 13.4. The molecule has 1 aromatic carbocycles. The highest BCUT2D eigenvalue weighted by atomic mass is 32.1. The van der Waals surface area contributed by atoms with Crippen molar-refractivity contribution in [3.05, 3.63) is 56.6 Å². The lowest BCUT2D eigenvalue weighted by molar-refractivity contribution is 0.369. The normalized spacial score (nSPS) is 14.6. The van der Waals surface area contributed by atoms with Crippen molar-refractivity contribution in [2.45, 2.75) is 71.9 Å².